The number of hydrogen-bond acceptors (Lipinski definition) is 2. The van der Waals surface area contributed by atoms with Gasteiger partial charge < -0.3 is 0 Å². The standard InChI is InChI=1S/C13H18BrClFNO2S/c1-13(2,3)7-9(14)8-17-20(18,19)12-6-10(16)4-5-11(12)15/h4-6,9,17H,7-8H2,1-3H3. The van der Waals surface area contributed by atoms with Crippen molar-refractivity contribution >= 4 is 37.6 Å². The van der Waals surface area contributed by atoms with E-state index in [1.807, 2.05) is 0 Å². The number of benzene rings is 1. The molecule has 0 aliphatic carbocycles. The maximum atomic E-state index is 13.1. The van der Waals surface area contributed by atoms with Crippen LogP contribution in [0.15, 0.2) is 23.1 Å². The molecule has 0 aliphatic heterocycles. The molecule has 0 bridgehead atoms. The van der Waals surface area contributed by atoms with Crippen LogP contribution < -0.4 is 4.72 Å². The van der Waals surface area contributed by atoms with Crippen LogP contribution in [0.1, 0.15) is 27.2 Å². The summed E-state index contributed by atoms with van der Waals surface area (Å²) in [6.07, 6.45) is 0.798. The molecule has 3 nitrogen and oxygen atoms in total. The number of rotatable bonds is 5. The topological polar surface area (TPSA) is 46.2 Å². The van der Waals surface area contributed by atoms with Gasteiger partial charge in [-0.2, -0.15) is 0 Å². The van der Waals surface area contributed by atoms with E-state index < -0.39 is 15.8 Å². The molecule has 1 N–H and O–H groups in total. The molecule has 1 atom stereocenters. The summed E-state index contributed by atoms with van der Waals surface area (Å²) >= 11 is 9.24. The number of halogens is 3. The van der Waals surface area contributed by atoms with Crippen LogP contribution >= 0.6 is 27.5 Å². The molecule has 1 aromatic carbocycles. The first-order valence-electron chi connectivity index (χ1n) is 6.10. The van der Waals surface area contributed by atoms with Crippen molar-refractivity contribution in [2.24, 2.45) is 5.41 Å². The minimum absolute atomic E-state index is 0.000781. The Hall–Kier alpha value is -0.170. The fourth-order valence-corrected chi connectivity index (χ4v) is 4.64. The highest BCUT2D eigenvalue weighted by Crippen LogP contribution is 2.25. The fourth-order valence-electron chi connectivity index (χ4n) is 1.70. The largest absolute Gasteiger partial charge is 0.242 e. The minimum atomic E-state index is -3.82. The molecule has 0 heterocycles. The van der Waals surface area contributed by atoms with Gasteiger partial charge in [0.2, 0.25) is 10.0 Å². The normalized spacial score (nSPS) is 14.3. The van der Waals surface area contributed by atoms with Crippen molar-refractivity contribution in [2.75, 3.05) is 6.54 Å². The van der Waals surface area contributed by atoms with Gasteiger partial charge in [0, 0.05) is 11.4 Å². The predicted octanol–water partition coefficient (Wildman–Crippen LogP) is 3.96. The second-order valence-electron chi connectivity index (χ2n) is 5.79. The van der Waals surface area contributed by atoms with Crippen LogP contribution in [0.25, 0.3) is 0 Å². The highest BCUT2D eigenvalue weighted by molar-refractivity contribution is 9.09. The van der Waals surface area contributed by atoms with Crippen molar-refractivity contribution in [3.63, 3.8) is 0 Å². The molecule has 0 spiro atoms. The molecule has 1 unspecified atom stereocenters. The molecule has 0 aliphatic rings. The van der Waals surface area contributed by atoms with Crippen LogP contribution in [-0.4, -0.2) is 19.8 Å². The zero-order chi connectivity index (χ0) is 15.6. The van der Waals surface area contributed by atoms with Crippen molar-refractivity contribution in [2.45, 2.75) is 36.9 Å². The molecule has 20 heavy (non-hydrogen) atoms. The Labute approximate surface area is 133 Å². The molecular formula is C13H18BrClFNO2S. The Balaban J connectivity index is 2.78. The van der Waals surface area contributed by atoms with E-state index in [4.69, 9.17) is 11.6 Å². The van der Waals surface area contributed by atoms with Gasteiger partial charge in [-0.15, -0.1) is 0 Å². The van der Waals surface area contributed by atoms with Crippen LogP contribution in [0.2, 0.25) is 5.02 Å². The predicted molar refractivity (Wildman–Crippen MR) is 83.4 cm³/mol. The summed E-state index contributed by atoms with van der Waals surface area (Å²) in [6.45, 7) is 6.42. The molecule has 1 rings (SSSR count). The fraction of sp³-hybridized carbons (Fsp3) is 0.538. The summed E-state index contributed by atoms with van der Waals surface area (Å²) < 4.78 is 39.8. The first-order chi connectivity index (χ1) is 9.01. The lowest BCUT2D eigenvalue weighted by molar-refractivity contribution is 0.373. The van der Waals surface area contributed by atoms with E-state index in [9.17, 15) is 12.8 Å². The molecule has 0 saturated heterocycles. The summed E-state index contributed by atoms with van der Waals surface area (Å²) in [5, 5.41) is 0.000781. The minimum Gasteiger partial charge on any atom is -0.210 e. The number of sulfonamides is 1. The maximum Gasteiger partial charge on any atom is 0.242 e. The van der Waals surface area contributed by atoms with Crippen LogP contribution in [0.3, 0.4) is 0 Å². The molecule has 1 aromatic rings. The van der Waals surface area contributed by atoms with Gasteiger partial charge >= 0.3 is 0 Å². The SMILES string of the molecule is CC(C)(C)CC(Br)CNS(=O)(=O)c1cc(F)ccc1Cl. The van der Waals surface area contributed by atoms with E-state index in [-0.39, 0.29) is 26.7 Å². The van der Waals surface area contributed by atoms with E-state index in [1.54, 1.807) is 0 Å². The van der Waals surface area contributed by atoms with E-state index in [0.29, 0.717) is 0 Å². The molecular weight excluding hydrogens is 369 g/mol. The van der Waals surface area contributed by atoms with Crippen LogP contribution in [0.4, 0.5) is 4.39 Å². The quantitative estimate of drug-likeness (QED) is 0.779. The lowest BCUT2D eigenvalue weighted by Gasteiger charge is -2.22. The van der Waals surface area contributed by atoms with Gasteiger partial charge in [0.05, 0.1) is 5.02 Å². The Bertz CT molecular complexity index is 572. The molecule has 0 saturated carbocycles. The summed E-state index contributed by atoms with van der Waals surface area (Å²) in [5.74, 6) is -0.639. The third-order valence-corrected chi connectivity index (χ3v) is 5.06. The van der Waals surface area contributed by atoms with Gasteiger partial charge in [-0.25, -0.2) is 17.5 Å². The molecule has 7 heteroatoms. The Morgan fingerprint density at radius 2 is 2.00 bits per heavy atom. The van der Waals surface area contributed by atoms with Gasteiger partial charge in [0.1, 0.15) is 10.7 Å². The van der Waals surface area contributed by atoms with Gasteiger partial charge in [-0.3, -0.25) is 0 Å². The summed E-state index contributed by atoms with van der Waals surface area (Å²) in [6, 6.07) is 3.26. The van der Waals surface area contributed by atoms with Crippen molar-refractivity contribution in [3.8, 4) is 0 Å². The first kappa shape index (κ1) is 17.9. The highest BCUT2D eigenvalue weighted by Gasteiger charge is 2.22. The van der Waals surface area contributed by atoms with Crippen LogP contribution in [-0.2, 0) is 10.0 Å². The van der Waals surface area contributed by atoms with Crippen molar-refractivity contribution in [1.29, 1.82) is 0 Å². The Kier molecular flexibility index (Phi) is 6.01. The van der Waals surface area contributed by atoms with Gasteiger partial charge in [0.15, 0.2) is 0 Å². The zero-order valence-corrected chi connectivity index (χ0v) is 14.7. The van der Waals surface area contributed by atoms with Crippen LogP contribution in [0.5, 0.6) is 0 Å². The average Bonchev–Trinajstić information content (AvgIpc) is 2.27. The summed E-state index contributed by atoms with van der Waals surface area (Å²) in [4.78, 5) is -0.251. The van der Waals surface area contributed by atoms with E-state index in [2.05, 4.69) is 41.4 Å². The Morgan fingerprint density at radius 1 is 1.40 bits per heavy atom. The first-order valence-corrected chi connectivity index (χ1v) is 8.88. The Morgan fingerprint density at radius 3 is 2.55 bits per heavy atom. The lowest BCUT2D eigenvalue weighted by atomic mass is 9.91. The molecule has 0 fully saturated rings. The van der Waals surface area contributed by atoms with Crippen molar-refractivity contribution in [3.05, 3.63) is 29.0 Å². The van der Waals surface area contributed by atoms with Gasteiger partial charge in [-0.1, -0.05) is 48.3 Å². The average molecular weight is 387 g/mol. The summed E-state index contributed by atoms with van der Waals surface area (Å²) in [7, 11) is -3.82. The smallest absolute Gasteiger partial charge is 0.210 e. The molecule has 114 valence electrons. The van der Waals surface area contributed by atoms with E-state index in [0.717, 1.165) is 18.6 Å². The highest BCUT2D eigenvalue weighted by atomic mass is 79.9. The number of hydrogen-bond donors (Lipinski definition) is 1. The molecule has 0 aromatic heterocycles. The van der Waals surface area contributed by atoms with Crippen molar-refractivity contribution in [1.82, 2.24) is 4.72 Å². The van der Waals surface area contributed by atoms with Gasteiger partial charge in [-0.05, 0) is 30.0 Å². The number of alkyl halides is 1. The van der Waals surface area contributed by atoms with Gasteiger partial charge in [0.25, 0.3) is 0 Å². The van der Waals surface area contributed by atoms with Crippen LogP contribution in [0, 0.1) is 11.2 Å². The zero-order valence-electron chi connectivity index (χ0n) is 11.6. The van der Waals surface area contributed by atoms with E-state index >= 15 is 0 Å². The van der Waals surface area contributed by atoms with Crippen molar-refractivity contribution < 1.29 is 12.8 Å². The summed E-state index contributed by atoms with van der Waals surface area (Å²) in [5.41, 5.74) is 0.0795. The molecule has 0 radical (unpaired) electrons. The monoisotopic (exact) mass is 385 g/mol. The number of nitrogens with one attached hydrogen (secondary N) is 1. The third-order valence-electron chi connectivity index (χ3n) is 2.51. The second-order valence-corrected chi connectivity index (χ2v) is 9.23. The third kappa shape index (κ3) is 5.68. The maximum absolute atomic E-state index is 13.1. The lowest BCUT2D eigenvalue weighted by Crippen LogP contribution is -2.31. The van der Waals surface area contributed by atoms with E-state index in [1.165, 1.54) is 6.07 Å². The molecule has 0 amide bonds. The second kappa shape index (κ2) is 6.73.